The van der Waals surface area contributed by atoms with Crippen LogP contribution in [-0.4, -0.2) is 62.0 Å². The normalized spacial score (nSPS) is 24.8. The molecule has 0 radical (unpaired) electrons. The third-order valence-corrected chi connectivity index (χ3v) is 6.27. The highest BCUT2D eigenvalue weighted by Gasteiger charge is 2.41. The van der Waals surface area contributed by atoms with Crippen molar-refractivity contribution in [3.63, 3.8) is 0 Å². The van der Waals surface area contributed by atoms with Gasteiger partial charge in [0.1, 0.15) is 0 Å². The van der Waals surface area contributed by atoms with E-state index in [2.05, 4.69) is 29.2 Å². The van der Waals surface area contributed by atoms with E-state index in [1.54, 1.807) is 0 Å². The second-order valence-electron chi connectivity index (χ2n) is 7.76. The first-order valence-corrected chi connectivity index (χ1v) is 9.82. The molecule has 1 saturated heterocycles. The molecule has 1 N–H and O–H groups in total. The Morgan fingerprint density at radius 1 is 1.16 bits per heavy atom. The Kier molecular flexibility index (Phi) is 6.03. The number of hydrogen-bond acceptors (Lipinski definition) is 3. The number of piperazine rings is 1. The number of carbonyl (C=O) groups is 1. The van der Waals surface area contributed by atoms with Gasteiger partial charge < -0.3 is 10.2 Å². The summed E-state index contributed by atoms with van der Waals surface area (Å²) in [5.74, 6) is 0.191. The lowest BCUT2D eigenvalue weighted by Crippen LogP contribution is -2.56. The smallest absolute Gasteiger partial charge is 0.230 e. The SMILES string of the molecule is CN1CCN(C)[C@H](CNC(=O)C2(c3ccc(Cl)cc3)CCCCC2)C1. The minimum Gasteiger partial charge on any atom is -0.354 e. The highest BCUT2D eigenvalue weighted by Crippen LogP contribution is 2.40. The van der Waals surface area contributed by atoms with Crippen molar-refractivity contribution in [3.05, 3.63) is 34.9 Å². The standard InChI is InChI=1S/C20H30ClN3O/c1-23-12-13-24(2)18(15-23)14-22-19(25)20(10-4-3-5-11-20)16-6-8-17(21)9-7-16/h6-9,18H,3-5,10-15H2,1-2H3,(H,22,25)/t18-/m1/s1. The Bertz CT molecular complexity index is 583. The van der Waals surface area contributed by atoms with E-state index in [0.29, 0.717) is 6.04 Å². The number of likely N-dealkylation sites (N-methyl/N-ethyl adjacent to an activating group) is 2. The zero-order valence-corrected chi connectivity index (χ0v) is 16.2. The van der Waals surface area contributed by atoms with Gasteiger partial charge in [0.15, 0.2) is 0 Å². The minimum atomic E-state index is -0.387. The van der Waals surface area contributed by atoms with Crippen LogP contribution < -0.4 is 5.32 Å². The van der Waals surface area contributed by atoms with Crippen molar-refractivity contribution >= 4 is 17.5 Å². The Hall–Kier alpha value is -1.10. The summed E-state index contributed by atoms with van der Waals surface area (Å²) >= 11 is 6.06. The molecule has 1 amide bonds. The molecule has 1 saturated carbocycles. The summed E-state index contributed by atoms with van der Waals surface area (Å²) in [7, 11) is 4.30. The topological polar surface area (TPSA) is 35.6 Å². The van der Waals surface area contributed by atoms with Gasteiger partial charge in [-0.1, -0.05) is 43.0 Å². The summed E-state index contributed by atoms with van der Waals surface area (Å²) in [5.41, 5.74) is 0.727. The van der Waals surface area contributed by atoms with Crippen molar-refractivity contribution in [3.8, 4) is 0 Å². The first-order valence-electron chi connectivity index (χ1n) is 9.44. The predicted molar refractivity (Wildman–Crippen MR) is 103 cm³/mol. The van der Waals surface area contributed by atoms with Crippen molar-refractivity contribution in [1.82, 2.24) is 15.1 Å². The van der Waals surface area contributed by atoms with Crippen LogP contribution in [0.4, 0.5) is 0 Å². The van der Waals surface area contributed by atoms with Crippen LogP contribution in [0.3, 0.4) is 0 Å². The van der Waals surface area contributed by atoms with Crippen molar-refractivity contribution < 1.29 is 4.79 Å². The fourth-order valence-electron chi connectivity index (χ4n) is 4.27. The van der Waals surface area contributed by atoms with Crippen molar-refractivity contribution in [1.29, 1.82) is 0 Å². The van der Waals surface area contributed by atoms with E-state index in [1.807, 2.05) is 24.3 Å². The molecule has 25 heavy (non-hydrogen) atoms. The van der Waals surface area contributed by atoms with Crippen LogP contribution in [0.1, 0.15) is 37.7 Å². The predicted octanol–water partition coefficient (Wildman–Crippen LogP) is 2.90. The molecule has 0 aromatic heterocycles. The van der Waals surface area contributed by atoms with Crippen LogP contribution in [0, 0.1) is 0 Å². The molecule has 2 aliphatic rings. The Morgan fingerprint density at radius 3 is 2.52 bits per heavy atom. The number of halogens is 1. The third kappa shape index (κ3) is 4.18. The molecule has 0 unspecified atom stereocenters. The second-order valence-corrected chi connectivity index (χ2v) is 8.19. The molecular weight excluding hydrogens is 334 g/mol. The first-order chi connectivity index (χ1) is 12.0. The summed E-state index contributed by atoms with van der Waals surface area (Å²) in [6.07, 6.45) is 5.31. The van der Waals surface area contributed by atoms with E-state index in [4.69, 9.17) is 11.6 Å². The number of carbonyl (C=O) groups excluding carboxylic acids is 1. The highest BCUT2D eigenvalue weighted by molar-refractivity contribution is 6.30. The van der Waals surface area contributed by atoms with Gasteiger partial charge in [-0.2, -0.15) is 0 Å². The van der Waals surface area contributed by atoms with Gasteiger partial charge in [0, 0.05) is 37.2 Å². The molecule has 1 aliphatic carbocycles. The fourth-order valence-corrected chi connectivity index (χ4v) is 4.40. The quantitative estimate of drug-likeness (QED) is 0.893. The number of rotatable bonds is 4. The van der Waals surface area contributed by atoms with Crippen molar-refractivity contribution in [2.75, 3.05) is 40.3 Å². The molecule has 1 heterocycles. The van der Waals surface area contributed by atoms with Gasteiger partial charge in [0.05, 0.1) is 5.41 Å². The van der Waals surface area contributed by atoms with Gasteiger partial charge in [-0.25, -0.2) is 0 Å². The second kappa shape index (κ2) is 8.07. The summed E-state index contributed by atoms with van der Waals surface area (Å²) < 4.78 is 0. The number of amides is 1. The van der Waals surface area contributed by atoms with E-state index in [0.717, 1.165) is 62.4 Å². The summed E-state index contributed by atoms with van der Waals surface area (Å²) in [5, 5.41) is 4.01. The Labute approximate surface area is 156 Å². The van der Waals surface area contributed by atoms with E-state index in [1.165, 1.54) is 6.42 Å². The zero-order valence-electron chi connectivity index (χ0n) is 15.4. The van der Waals surface area contributed by atoms with Gasteiger partial charge in [0.25, 0.3) is 0 Å². The van der Waals surface area contributed by atoms with E-state index >= 15 is 0 Å². The average Bonchev–Trinajstić information content (AvgIpc) is 2.63. The fraction of sp³-hybridized carbons (Fsp3) is 0.650. The Balaban J connectivity index is 1.72. The molecule has 2 fully saturated rings. The molecule has 5 heteroatoms. The van der Waals surface area contributed by atoms with Gasteiger partial charge in [-0.05, 0) is 44.6 Å². The maximum atomic E-state index is 13.3. The molecule has 0 bridgehead atoms. The zero-order chi connectivity index (χ0) is 17.9. The van der Waals surface area contributed by atoms with E-state index in [9.17, 15) is 4.79 Å². The minimum absolute atomic E-state index is 0.191. The molecule has 1 aromatic carbocycles. The van der Waals surface area contributed by atoms with Crippen LogP contribution in [-0.2, 0) is 10.2 Å². The van der Waals surface area contributed by atoms with Crippen LogP contribution in [0.5, 0.6) is 0 Å². The lowest BCUT2D eigenvalue weighted by molar-refractivity contribution is -0.128. The number of nitrogens with one attached hydrogen (secondary N) is 1. The van der Waals surface area contributed by atoms with Crippen LogP contribution >= 0.6 is 11.6 Å². The average molecular weight is 364 g/mol. The molecule has 1 atom stereocenters. The summed E-state index contributed by atoms with van der Waals surface area (Å²) in [4.78, 5) is 18.0. The Morgan fingerprint density at radius 2 is 1.84 bits per heavy atom. The molecule has 1 aromatic rings. The molecule has 4 nitrogen and oxygen atoms in total. The maximum Gasteiger partial charge on any atom is 0.230 e. The summed E-state index contributed by atoms with van der Waals surface area (Å²) in [6, 6.07) is 8.27. The van der Waals surface area contributed by atoms with Crippen LogP contribution in [0.2, 0.25) is 5.02 Å². The lowest BCUT2D eigenvalue weighted by Gasteiger charge is -2.40. The molecule has 0 spiro atoms. The first kappa shape index (κ1) is 18.7. The maximum absolute atomic E-state index is 13.3. The lowest BCUT2D eigenvalue weighted by atomic mass is 9.68. The third-order valence-electron chi connectivity index (χ3n) is 6.02. The van der Waals surface area contributed by atoms with Gasteiger partial charge in [0.2, 0.25) is 5.91 Å². The molecule has 3 rings (SSSR count). The van der Waals surface area contributed by atoms with Crippen LogP contribution in [0.25, 0.3) is 0 Å². The van der Waals surface area contributed by atoms with Crippen molar-refractivity contribution in [2.24, 2.45) is 0 Å². The highest BCUT2D eigenvalue weighted by atomic mass is 35.5. The molecular formula is C20H30ClN3O. The van der Waals surface area contributed by atoms with Gasteiger partial charge >= 0.3 is 0 Å². The van der Waals surface area contributed by atoms with Gasteiger partial charge in [-0.15, -0.1) is 0 Å². The van der Waals surface area contributed by atoms with Gasteiger partial charge in [-0.3, -0.25) is 9.69 Å². The largest absolute Gasteiger partial charge is 0.354 e. The van der Waals surface area contributed by atoms with E-state index in [-0.39, 0.29) is 11.3 Å². The van der Waals surface area contributed by atoms with Crippen molar-refractivity contribution in [2.45, 2.75) is 43.6 Å². The van der Waals surface area contributed by atoms with Crippen LogP contribution in [0.15, 0.2) is 24.3 Å². The number of hydrogen-bond donors (Lipinski definition) is 1. The summed E-state index contributed by atoms with van der Waals surface area (Å²) in [6.45, 7) is 3.87. The molecule has 138 valence electrons. The van der Waals surface area contributed by atoms with E-state index < -0.39 is 0 Å². The number of nitrogens with zero attached hydrogens (tertiary/aromatic N) is 2. The monoisotopic (exact) mass is 363 g/mol. The molecule has 1 aliphatic heterocycles. The number of benzene rings is 1.